The van der Waals surface area contributed by atoms with Crippen LogP contribution in [0.2, 0.25) is 0 Å². The molecule has 0 unspecified atom stereocenters. The van der Waals surface area contributed by atoms with Crippen LogP contribution < -0.4 is 19.7 Å². The molecule has 0 saturated carbocycles. The van der Waals surface area contributed by atoms with E-state index in [-0.39, 0.29) is 12.5 Å². The van der Waals surface area contributed by atoms with E-state index in [1.54, 1.807) is 0 Å². The third kappa shape index (κ3) is 7.20. The van der Waals surface area contributed by atoms with Gasteiger partial charge in [-0.2, -0.15) is 0 Å². The van der Waals surface area contributed by atoms with Crippen LogP contribution in [0.1, 0.15) is 18.1 Å². The first kappa shape index (κ1) is 26.0. The van der Waals surface area contributed by atoms with Gasteiger partial charge >= 0.3 is 0 Å². The summed E-state index contributed by atoms with van der Waals surface area (Å²) < 4.78 is 17.9. The molecule has 3 aromatic carbocycles. The van der Waals surface area contributed by atoms with E-state index >= 15 is 0 Å². The molecule has 0 aromatic heterocycles. The molecule has 0 atom stereocenters. The zero-order chi connectivity index (χ0) is 25.3. The van der Waals surface area contributed by atoms with Gasteiger partial charge in [-0.3, -0.25) is 9.79 Å². The number of anilines is 2. The summed E-state index contributed by atoms with van der Waals surface area (Å²) in [5.74, 6) is 0.892. The van der Waals surface area contributed by atoms with Gasteiger partial charge in [-0.15, -0.1) is 0 Å². The average Bonchev–Trinajstić information content (AvgIpc) is 2.89. The first-order chi connectivity index (χ1) is 17.5. The monoisotopic (exact) mass is 599 g/mol. The van der Waals surface area contributed by atoms with E-state index in [9.17, 15) is 4.79 Å². The van der Waals surface area contributed by atoms with Crippen LogP contribution in [0, 0.1) is 10.5 Å². The number of aliphatic imine (C=N–C) groups is 1. The van der Waals surface area contributed by atoms with Gasteiger partial charge in [-0.1, -0.05) is 17.7 Å². The first-order valence-corrected chi connectivity index (χ1v) is 13.0. The molecule has 0 spiro atoms. The Kier molecular flexibility index (Phi) is 9.18. The number of halogens is 1. The second-order valence-corrected chi connectivity index (χ2v) is 9.50. The molecule has 4 rings (SSSR count). The fraction of sp³-hybridized carbons (Fsp3) is 0.286. The van der Waals surface area contributed by atoms with Crippen molar-refractivity contribution in [2.24, 2.45) is 4.99 Å². The number of rotatable bonds is 9. The summed E-state index contributed by atoms with van der Waals surface area (Å²) in [5.41, 5.74) is 4.80. The number of benzene rings is 3. The predicted octanol–water partition coefficient (Wildman–Crippen LogP) is 5.60. The second-order valence-electron chi connectivity index (χ2n) is 8.34. The van der Waals surface area contributed by atoms with Crippen molar-refractivity contribution in [2.45, 2.75) is 13.8 Å². The molecule has 0 bridgehead atoms. The number of hydrogen-bond donors (Lipinski definition) is 1. The highest BCUT2D eigenvalue weighted by Crippen LogP contribution is 2.34. The van der Waals surface area contributed by atoms with E-state index in [1.165, 1.54) is 5.69 Å². The zero-order valence-corrected chi connectivity index (χ0v) is 22.7. The summed E-state index contributed by atoms with van der Waals surface area (Å²) >= 11 is 2.19. The van der Waals surface area contributed by atoms with Gasteiger partial charge in [0, 0.05) is 30.7 Å². The van der Waals surface area contributed by atoms with Gasteiger partial charge < -0.3 is 24.4 Å². The van der Waals surface area contributed by atoms with Crippen molar-refractivity contribution in [1.29, 1.82) is 0 Å². The molecule has 36 heavy (non-hydrogen) atoms. The Morgan fingerprint density at radius 3 is 2.50 bits per heavy atom. The number of carbonyl (C=O) groups excluding carboxylic acids is 1. The van der Waals surface area contributed by atoms with E-state index in [0.717, 1.165) is 52.4 Å². The van der Waals surface area contributed by atoms with Gasteiger partial charge in [-0.05, 0) is 90.5 Å². The summed E-state index contributed by atoms with van der Waals surface area (Å²) in [4.78, 5) is 19.3. The highest BCUT2D eigenvalue weighted by atomic mass is 127. The molecule has 7 nitrogen and oxygen atoms in total. The van der Waals surface area contributed by atoms with Crippen molar-refractivity contribution in [3.8, 4) is 11.5 Å². The zero-order valence-electron chi connectivity index (χ0n) is 20.5. The minimum absolute atomic E-state index is 0.118. The fourth-order valence-corrected chi connectivity index (χ4v) is 4.54. The molecule has 1 heterocycles. The first-order valence-electron chi connectivity index (χ1n) is 11.9. The molecule has 1 N–H and O–H groups in total. The van der Waals surface area contributed by atoms with Crippen LogP contribution >= 0.6 is 22.6 Å². The lowest BCUT2D eigenvalue weighted by Gasteiger charge is -2.28. The van der Waals surface area contributed by atoms with Gasteiger partial charge in [0.25, 0.3) is 5.91 Å². The van der Waals surface area contributed by atoms with Crippen molar-refractivity contribution in [2.75, 3.05) is 49.7 Å². The normalized spacial score (nSPS) is 13.6. The summed E-state index contributed by atoms with van der Waals surface area (Å²) in [6.07, 6.45) is 1.81. The number of nitrogens with zero attached hydrogens (tertiary/aromatic N) is 2. The molecule has 1 saturated heterocycles. The Morgan fingerprint density at radius 2 is 1.81 bits per heavy atom. The smallest absolute Gasteiger partial charge is 0.262 e. The SMILES string of the molecule is CCOc1cc(C=Nc2ccc(N3CCOCC3)cc2)cc(I)c1OCC(=O)Nc1ccc(C)cc1. The van der Waals surface area contributed by atoms with Crippen LogP contribution in [-0.2, 0) is 9.53 Å². The number of nitrogens with one attached hydrogen (secondary N) is 1. The molecule has 1 aliphatic rings. The van der Waals surface area contributed by atoms with Gasteiger partial charge in [-0.25, -0.2) is 0 Å². The Labute approximate surface area is 225 Å². The molecule has 8 heteroatoms. The number of hydrogen-bond acceptors (Lipinski definition) is 6. The lowest BCUT2D eigenvalue weighted by molar-refractivity contribution is -0.118. The molecule has 0 radical (unpaired) electrons. The maximum absolute atomic E-state index is 12.4. The highest BCUT2D eigenvalue weighted by Gasteiger charge is 2.14. The van der Waals surface area contributed by atoms with Crippen molar-refractivity contribution < 1.29 is 19.0 Å². The van der Waals surface area contributed by atoms with Gasteiger partial charge in [0.2, 0.25) is 0 Å². The van der Waals surface area contributed by atoms with Gasteiger partial charge in [0.05, 0.1) is 29.1 Å². The molecule has 1 fully saturated rings. The largest absolute Gasteiger partial charge is 0.490 e. The lowest BCUT2D eigenvalue weighted by Crippen LogP contribution is -2.36. The van der Waals surface area contributed by atoms with Crippen molar-refractivity contribution in [3.63, 3.8) is 0 Å². The topological polar surface area (TPSA) is 72.4 Å². The van der Waals surface area contributed by atoms with E-state index in [0.29, 0.717) is 18.1 Å². The van der Waals surface area contributed by atoms with Crippen molar-refractivity contribution in [3.05, 3.63) is 75.4 Å². The molecular weight excluding hydrogens is 569 g/mol. The molecule has 1 amide bonds. The van der Waals surface area contributed by atoms with Gasteiger partial charge in [0.1, 0.15) is 0 Å². The molecule has 3 aromatic rings. The minimum atomic E-state index is -0.233. The van der Waals surface area contributed by atoms with Crippen LogP contribution in [-0.4, -0.2) is 51.6 Å². The summed E-state index contributed by atoms with van der Waals surface area (Å²) in [7, 11) is 0. The Bertz CT molecular complexity index is 1190. The van der Waals surface area contributed by atoms with E-state index < -0.39 is 0 Å². The third-order valence-corrected chi connectivity index (χ3v) is 6.40. The Balaban J connectivity index is 1.41. The van der Waals surface area contributed by atoms with Crippen LogP contribution in [0.3, 0.4) is 0 Å². The average molecular weight is 599 g/mol. The summed E-state index contributed by atoms with van der Waals surface area (Å²) in [6.45, 7) is 7.61. The van der Waals surface area contributed by atoms with Crippen LogP contribution in [0.4, 0.5) is 17.1 Å². The summed E-state index contributed by atoms with van der Waals surface area (Å²) in [5, 5.41) is 2.85. The standard InChI is InChI=1S/C28H30IN3O4/c1-3-35-26-17-21(18-30-22-8-10-24(11-9-22)32-12-14-34-15-13-32)16-25(29)28(26)36-19-27(33)31-23-6-4-20(2)5-7-23/h4-11,16-18H,3,12-15,19H2,1-2H3,(H,31,33). The van der Waals surface area contributed by atoms with Crippen molar-refractivity contribution >= 4 is 51.8 Å². The second kappa shape index (κ2) is 12.7. The summed E-state index contributed by atoms with van der Waals surface area (Å²) in [6, 6.07) is 19.7. The van der Waals surface area contributed by atoms with Crippen molar-refractivity contribution in [1.82, 2.24) is 0 Å². The van der Waals surface area contributed by atoms with Gasteiger partial charge in [0.15, 0.2) is 18.1 Å². The van der Waals surface area contributed by atoms with Crippen LogP contribution in [0.5, 0.6) is 11.5 Å². The number of carbonyl (C=O) groups is 1. The van der Waals surface area contributed by atoms with Crippen LogP contribution in [0.15, 0.2) is 65.7 Å². The molecular formula is C28H30IN3O4. The maximum atomic E-state index is 12.4. The molecule has 1 aliphatic heterocycles. The number of morpholine rings is 1. The molecule has 188 valence electrons. The quantitative estimate of drug-likeness (QED) is 0.256. The number of amides is 1. The minimum Gasteiger partial charge on any atom is -0.490 e. The maximum Gasteiger partial charge on any atom is 0.262 e. The Hall–Kier alpha value is -3.11. The Morgan fingerprint density at radius 1 is 1.08 bits per heavy atom. The number of ether oxygens (including phenoxy) is 3. The third-order valence-electron chi connectivity index (χ3n) is 5.60. The van der Waals surface area contributed by atoms with E-state index in [4.69, 9.17) is 14.2 Å². The predicted molar refractivity (Wildman–Crippen MR) is 152 cm³/mol. The lowest BCUT2D eigenvalue weighted by atomic mass is 10.2. The highest BCUT2D eigenvalue weighted by molar-refractivity contribution is 14.1. The van der Waals surface area contributed by atoms with Crippen LogP contribution in [0.25, 0.3) is 0 Å². The fourth-order valence-electron chi connectivity index (χ4n) is 3.76. The molecule has 0 aliphatic carbocycles. The van der Waals surface area contributed by atoms with E-state index in [2.05, 4.69) is 49.9 Å². The van der Waals surface area contributed by atoms with E-state index in [1.807, 2.05) is 68.6 Å². The number of aryl methyl sites for hydroxylation is 1.